The predicted molar refractivity (Wildman–Crippen MR) is 169 cm³/mol. The van der Waals surface area contributed by atoms with E-state index in [9.17, 15) is 19.2 Å². The molecule has 3 rings (SSSR count). The third kappa shape index (κ3) is 12.1. The molecule has 0 aromatic carbocycles. The maximum atomic E-state index is 14.2. The molecule has 5 heteroatoms. The van der Waals surface area contributed by atoms with Gasteiger partial charge in [0.2, 0.25) is 0 Å². The van der Waals surface area contributed by atoms with Gasteiger partial charge in [0.05, 0.1) is 11.5 Å². The summed E-state index contributed by atoms with van der Waals surface area (Å²) in [5, 5.41) is 0. The van der Waals surface area contributed by atoms with Crippen molar-refractivity contribution in [2.45, 2.75) is 180 Å². The molecular formula is C37H60O5. The second-order valence-electron chi connectivity index (χ2n) is 13.7. The predicted octanol–water partition coefficient (Wildman–Crippen LogP) is 9.93. The molecule has 5 nitrogen and oxygen atoms in total. The molecule has 3 aliphatic rings. The summed E-state index contributed by atoms with van der Waals surface area (Å²) >= 11 is 0. The van der Waals surface area contributed by atoms with Crippen LogP contribution >= 0.6 is 0 Å². The minimum Gasteiger partial charge on any atom is -0.389 e. The summed E-state index contributed by atoms with van der Waals surface area (Å²) in [6.07, 6.45) is 28.0. The molecule has 0 saturated heterocycles. The number of hydrogen-bond acceptors (Lipinski definition) is 5. The van der Waals surface area contributed by atoms with Crippen molar-refractivity contribution < 1.29 is 23.9 Å². The third-order valence-corrected chi connectivity index (χ3v) is 10.3. The first-order valence-corrected chi connectivity index (χ1v) is 18.0. The molecule has 3 fully saturated rings. The lowest BCUT2D eigenvalue weighted by molar-refractivity contribution is -0.160. The van der Waals surface area contributed by atoms with E-state index in [1.54, 1.807) is 6.92 Å². The Labute approximate surface area is 256 Å². The highest BCUT2D eigenvalue weighted by atomic mass is 16.6. The summed E-state index contributed by atoms with van der Waals surface area (Å²) < 4.78 is 5.50. The molecule has 0 unspecified atom stereocenters. The monoisotopic (exact) mass is 584 g/mol. The minimum absolute atomic E-state index is 0.0582. The third-order valence-electron chi connectivity index (χ3n) is 10.3. The number of ether oxygens (including phenoxy) is 1. The fourth-order valence-electron chi connectivity index (χ4n) is 7.44. The largest absolute Gasteiger partial charge is 0.389 e. The van der Waals surface area contributed by atoms with Crippen LogP contribution in [0.5, 0.6) is 0 Å². The van der Waals surface area contributed by atoms with Crippen molar-refractivity contribution in [3.63, 3.8) is 0 Å². The highest BCUT2D eigenvalue weighted by molar-refractivity contribution is 6.25. The van der Waals surface area contributed by atoms with Gasteiger partial charge >= 0.3 is 11.9 Å². The van der Waals surface area contributed by atoms with Crippen LogP contribution in [0.25, 0.3) is 0 Å². The second-order valence-corrected chi connectivity index (χ2v) is 13.7. The molecule has 0 aliphatic heterocycles. The lowest BCUT2D eigenvalue weighted by atomic mass is 9.79. The molecular weight excluding hydrogens is 524 g/mol. The van der Waals surface area contributed by atoms with Crippen LogP contribution in [0.15, 0.2) is 11.1 Å². The Morgan fingerprint density at radius 3 is 0.976 bits per heavy atom. The van der Waals surface area contributed by atoms with Gasteiger partial charge < -0.3 is 4.74 Å². The average Bonchev–Trinajstić information content (AvgIpc) is 3.00. The number of carbonyl (C=O) groups excluding carboxylic acids is 4. The van der Waals surface area contributed by atoms with Gasteiger partial charge in [-0.25, -0.2) is 4.79 Å². The van der Waals surface area contributed by atoms with Crippen molar-refractivity contribution in [2.75, 3.05) is 0 Å². The van der Waals surface area contributed by atoms with Crippen LogP contribution in [0.2, 0.25) is 0 Å². The zero-order chi connectivity index (χ0) is 30.0. The van der Waals surface area contributed by atoms with Crippen molar-refractivity contribution in [1.82, 2.24) is 0 Å². The molecule has 0 amide bonds. The van der Waals surface area contributed by atoms with E-state index in [4.69, 9.17) is 4.74 Å². The Morgan fingerprint density at radius 2 is 0.667 bits per heavy atom. The molecule has 0 N–H and O–H groups in total. The fraction of sp³-hybridized carbons (Fsp3) is 0.838. The Hall–Kier alpha value is -1.78. The summed E-state index contributed by atoms with van der Waals surface area (Å²) in [6.45, 7) is 1.56. The van der Waals surface area contributed by atoms with Gasteiger partial charge in [-0.2, -0.15) is 0 Å². The molecule has 238 valence electrons. The van der Waals surface area contributed by atoms with E-state index in [0.717, 1.165) is 116 Å². The number of Topliss-reactive ketones (excluding diaryl/α,β-unsaturated/α-hetero) is 2. The van der Waals surface area contributed by atoms with Crippen molar-refractivity contribution in [3.8, 4) is 0 Å². The van der Waals surface area contributed by atoms with Crippen LogP contribution in [-0.2, 0) is 23.9 Å². The van der Waals surface area contributed by atoms with E-state index in [-0.39, 0.29) is 40.5 Å². The quantitative estimate of drug-likeness (QED) is 0.134. The zero-order valence-electron chi connectivity index (χ0n) is 26.9. The van der Waals surface area contributed by atoms with Crippen LogP contribution in [0.3, 0.4) is 0 Å². The fourth-order valence-corrected chi connectivity index (χ4v) is 7.44. The van der Waals surface area contributed by atoms with Gasteiger partial charge in [-0.05, 0) is 45.4 Å². The molecule has 0 aromatic heterocycles. The van der Waals surface area contributed by atoms with E-state index in [0.29, 0.717) is 0 Å². The Morgan fingerprint density at radius 1 is 0.405 bits per heavy atom. The maximum Gasteiger partial charge on any atom is 0.342 e. The Bertz CT molecular complexity index is 817. The van der Waals surface area contributed by atoms with E-state index in [2.05, 4.69) is 0 Å². The first-order chi connectivity index (χ1) is 20.5. The molecule has 3 aliphatic carbocycles. The summed E-state index contributed by atoms with van der Waals surface area (Å²) in [4.78, 5) is 55.2. The van der Waals surface area contributed by atoms with Crippen molar-refractivity contribution in [3.05, 3.63) is 11.1 Å². The lowest BCUT2D eigenvalue weighted by Gasteiger charge is -2.23. The Kier molecular flexibility index (Phi) is 16.7. The summed E-state index contributed by atoms with van der Waals surface area (Å²) in [5.74, 6) is -2.36. The second kappa shape index (κ2) is 20.2. The van der Waals surface area contributed by atoms with Crippen LogP contribution in [0.1, 0.15) is 180 Å². The number of rotatable bonds is 6. The van der Waals surface area contributed by atoms with Gasteiger partial charge in [-0.3, -0.25) is 14.4 Å². The van der Waals surface area contributed by atoms with Crippen LogP contribution in [0.4, 0.5) is 0 Å². The molecule has 3 saturated carbocycles. The summed E-state index contributed by atoms with van der Waals surface area (Å²) in [6, 6.07) is 0. The zero-order valence-corrected chi connectivity index (χ0v) is 26.9. The van der Waals surface area contributed by atoms with E-state index in [1.807, 2.05) is 0 Å². The van der Waals surface area contributed by atoms with Gasteiger partial charge in [0.25, 0.3) is 0 Å². The van der Waals surface area contributed by atoms with Gasteiger partial charge in [-0.1, -0.05) is 135 Å². The molecule has 0 heterocycles. The average molecular weight is 585 g/mol. The molecule has 42 heavy (non-hydrogen) atoms. The molecule has 0 spiro atoms. The number of ketones is 2. The van der Waals surface area contributed by atoms with Gasteiger partial charge in [-0.15, -0.1) is 0 Å². The molecule has 0 aromatic rings. The minimum atomic E-state index is -0.784. The number of esters is 2. The smallest absolute Gasteiger partial charge is 0.342 e. The highest BCUT2D eigenvalue weighted by Gasteiger charge is 2.35. The molecule has 0 radical (unpaired) electrons. The standard InChI is InChI=1S/C37H60O5/c1-29(36(40)42-37(41)32-27-21-15-9-4-10-16-22-28-32)33(34(38)30-23-17-11-5-2-6-12-18-24-30)35(39)31-25-19-13-7-3-8-14-20-26-31/h30-32H,2-28H2,1H3. The molecule has 0 atom stereocenters. The van der Waals surface area contributed by atoms with Crippen LogP contribution in [-0.4, -0.2) is 23.5 Å². The number of carbonyl (C=O) groups is 4. The van der Waals surface area contributed by atoms with Crippen molar-refractivity contribution >= 4 is 23.5 Å². The van der Waals surface area contributed by atoms with Gasteiger partial charge in [0, 0.05) is 17.4 Å². The van der Waals surface area contributed by atoms with Crippen LogP contribution in [0, 0.1) is 17.8 Å². The summed E-state index contributed by atoms with van der Waals surface area (Å²) in [5.41, 5.74) is 0.121. The van der Waals surface area contributed by atoms with Gasteiger partial charge in [0.1, 0.15) is 0 Å². The topological polar surface area (TPSA) is 77.5 Å². The highest BCUT2D eigenvalue weighted by Crippen LogP contribution is 2.31. The SMILES string of the molecule is CC(C(=O)OC(=O)C1CCCCCCCCC1)=C(C(=O)C1CCCCCCCCC1)C(=O)C1CCCCCCCCC1. The molecule has 0 bridgehead atoms. The van der Waals surface area contributed by atoms with Gasteiger partial charge in [0.15, 0.2) is 11.6 Å². The Balaban J connectivity index is 1.84. The number of hydrogen-bond donors (Lipinski definition) is 0. The van der Waals surface area contributed by atoms with E-state index in [1.165, 1.54) is 57.8 Å². The summed E-state index contributed by atoms with van der Waals surface area (Å²) in [7, 11) is 0. The van der Waals surface area contributed by atoms with E-state index < -0.39 is 11.9 Å². The van der Waals surface area contributed by atoms with Crippen molar-refractivity contribution in [2.24, 2.45) is 17.8 Å². The van der Waals surface area contributed by atoms with Crippen molar-refractivity contribution in [1.29, 1.82) is 0 Å². The first-order valence-electron chi connectivity index (χ1n) is 18.0. The van der Waals surface area contributed by atoms with Crippen LogP contribution < -0.4 is 0 Å². The first kappa shape index (κ1) is 34.7. The number of allylic oxidation sites excluding steroid dienone is 1. The normalized spacial score (nSPS) is 22.3. The van der Waals surface area contributed by atoms with E-state index >= 15 is 0 Å². The lowest BCUT2D eigenvalue weighted by Crippen LogP contribution is -2.31. The maximum absolute atomic E-state index is 14.2.